The van der Waals surface area contributed by atoms with Crippen LogP contribution in [0.1, 0.15) is 71.3 Å². The van der Waals surface area contributed by atoms with Gasteiger partial charge in [-0.05, 0) is 49.1 Å². The van der Waals surface area contributed by atoms with Crippen molar-refractivity contribution in [3.63, 3.8) is 0 Å². The summed E-state index contributed by atoms with van der Waals surface area (Å²) >= 11 is 0. The molecule has 9 unspecified atom stereocenters. The van der Waals surface area contributed by atoms with Gasteiger partial charge in [0.1, 0.15) is 17.6 Å². The van der Waals surface area contributed by atoms with Crippen LogP contribution in [-0.4, -0.2) is 64.2 Å². The molecule has 3 heterocycles. The van der Waals surface area contributed by atoms with Crippen LogP contribution in [0, 0.1) is 36.5 Å². The summed E-state index contributed by atoms with van der Waals surface area (Å²) in [4.78, 5) is 39.3. The number of aliphatic hydroxyl groups excluding tert-OH is 1. The normalized spacial score (nSPS) is 32.6. The number of fused-ring (bicyclic) bond motifs is 14. The predicted octanol–water partition coefficient (Wildman–Crippen LogP) is 2.40. The summed E-state index contributed by atoms with van der Waals surface area (Å²) in [5.74, 6) is -7.11. The number of Topliss-reactive ketones (excluding diaryl/α,β-unsaturated/α-hetero) is 1. The number of aliphatic hydroxyl groups is 1. The monoisotopic (exact) mass is 717 g/mol. The van der Waals surface area contributed by atoms with Crippen molar-refractivity contribution < 1.29 is 83.3 Å². The molecule has 0 aromatic heterocycles. The summed E-state index contributed by atoms with van der Waals surface area (Å²) in [6, 6.07) is 0.984. The molecule has 0 fully saturated rings. The van der Waals surface area contributed by atoms with Crippen LogP contribution in [0.25, 0.3) is 10.8 Å². The summed E-state index contributed by atoms with van der Waals surface area (Å²) in [6.45, 7) is 15.2. The van der Waals surface area contributed by atoms with Crippen LogP contribution in [0.15, 0.2) is 42.2 Å². The van der Waals surface area contributed by atoms with E-state index in [0.29, 0.717) is 0 Å². The third-order valence-electron chi connectivity index (χ3n) is 10.4. The Morgan fingerprint density at radius 2 is 1.63 bits per heavy atom. The van der Waals surface area contributed by atoms with E-state index < -0.39 is 70.8 Å². The van der Waals surface area contributed by atoms with Crippen molar-refractivity contribution in [2.75, 3.05) is 12.4 Å². The minimum Gasteiger partial charge on any atom is -0.872 e. The molecule has 5 bridgehead atoms. The van der Waals surface area contributed by atoms with E-state index in [1.807, 2.05) is 40.7 Å². The maximum absolute atomic E-state index is 13.9. The number of esters is 1. The molecule has 13 heteroatoms. The fraction of sp³-hybridized carbons (Fsp3) is 0.500. The summed E-state index contributed by atoms with van der Waals surface area (Å²) in [5, 5.41) is 49.4. The largest absolute Gasteiger partial charge is 1.00 e. The van der Waals surface area contributed by atoms with Gasteiger partial charge >= 0.3 is 41.3 Å². The average Bonchev–Trinajstić information content (AvgIpc) is 3.33. The molecule has 0 saturated heterocycles. The number of hydrogen-bond donors (Lipinski definition) is 4. The molecule has 51 heavy (non-hydrogen) atoms. The standard InChI is InChI=1S/C38H49NO11.Na/c1-17-12-11-13-18(2)37(46)39-25-16-26(41)28-29(33(25)44)32(43)23(7)35-30(28)36(45)38(9,50-35)48-15-14-27(47-10)21(5)34(49-24(8)40)22(6)31(42)20(4)19(17)3;/h11-17,19-22,27,31,34,41-44H,1-10H3,(H,39,46);/q;+1/p-1/b12-11-,15-14-,18-13-;. The number of anilines is 1. The van der Waals surface area contributed by atoms with Crippen molar-refractivity contribution >= 4 is 34.1 Å². The minimum absolute atomic E-state index is 0. The molecule has 0 spiro atoms. The predicted molar refractivity (Wildman–Crippen MR) is 185 cm³/mol. The van der Waals surface area contributed by atoms with Gasteiger partial charge in [-0.15, -0.1) is 0 Å². The van der Waals surface area contributed by atoms with E-state index in [0.717, 1.165) is 6.07 Å². The Morgan fingerprint density at radius 1 is 0.980 bits per heavy atom. The number of methoxy groups -OCH3 is 1. The first-order valence-corrected chi connectivity index (χ1v) is 16.7. The zero-order valence-electron chi connectivity index (χ0n) is 31.2. The summed E-state index contributed by atoms with van der Waals surface area (Å²) < 4.78 is 23.3. The first-order valence-electron chi connectivity index (χ1n) is 16.7. The molecule has 5 rings (SSSR count). The number of carbonyl (C=O) groups excluding carboxylic acids is 3. The smallest absolute Gasteiger partial charge is 0.872 e. The second-order valence-electron chi connectivity index (χ2n) is 13.8. The Hall–Kier alpha value is -3.55. The number of nitrogens with one attached hydrogen (secondary N) is 1. The topological polar surface area (TPSA) is 184 Å². The van der Waals surface area contributed by atoms with E-state index in [1.165, 1.54) is 40.2 Å². The fourth-order valence-corrected chi connectivity index (χ4v) is 6.81. The zero-order valence-corrected chi connectivity index (χ0v) is 33.2. The molecule has 9 atom stereocenters. The van der Waals surface area contributed by atoms with Crippen LogP contribution < -0.4 is 44.7 Å². The molecular weight excluding hydrogens is 669 g/mol. The molecular formula is C38H48NNaO11. The van der Waals surface area contributed by atoms with Crippen LogP contribution >= 0.6 is 0 Å². The minimum atomic E-state index is -1.98. The van der Waals surface area contributed by atoms with Gasteiger partial charge in [-0.2, -0.15) is 0 Å². The number of ketones is 1. The van der Waals surface area contributed by atoms with E-state index >= 15 is 0 Å². The van der Waals surface area contributed by atoms with E-state index in [-0.39, 0.29) is 86.2 Å². The van der Waals surface area contributed by atoms with E-state index in [1.54, 1.807) is 19.1 Å². The Morgan fingerprint density at radius 3 is 2.24 bits per heavy atom. The average molecular weight is 718 g/mol. The van der Waals surface area contributed by atoms with Gasteiger partial charge in [-0.1, -0.05) is 58.6 Å². The van der Waals surface area contributed by atoms with Crippen LogP contribution in [0.2, 0.25) is 0 Å². The molecule has 0 saturated carbocycles. The van der Waals surface area contributed by atoms with Gasteiger partial charge in [0.05, 0.1) is 35.1 Å². The summed E-state index contributed by atoms with van der Waals surface area (Å²) in [6.07, 6.45) is 5.59. The van der Waals surface area contributed by atoms with Gasteiger partial charge in [0, 0.05) is 43.9 Å². The second-order valence-corrected chi connectivity index (χ2v) is 13.8. The number of hydrogen-bond acceptors (Lipinski definition) is 11. The first kappa shape index (κ1) is 41.9. The van der Waals surface area contributed by atoms with Crippen LogP contribution in [0.3, 0.4) is 0 Å². The van der Waals surface area contributed by atoms with Crippen molar-refractivity contribution in [1.82, 2.24) is 0 Å². The van der Waals surface area contributed by atoms with Crippen molar-refractivity contribution in [2.45, 2.75) is 86.4 Å². The first-order chi connectivity index (χ1) is 23.4. The summed E-state index contributed by atoms with van der Waals surface area (Å²) in [7, 11) is 1.47. The maximum atomic E-state index is 13.9. The van der Waals surface area contributed by atoms with Gasteiger partial charge in [0.15, 0.2) is 5.75 Å². The number of benzene rings is 2. The second kappa shape index (κ2) is 16.4. The molecule has 2 aromatic rings. The van der Waals surface area contributed by atoms with E-state index in [9.17, 15) is 34.8 Å². The fourth-order valence-electron chi connectivity index (χ4n) is 6.81. The number of ether oxygens (including phenoxy) is 4. The van der Waals surface area contributed by atoms with E-state index in [2.05, 4.69) is 5.32 Å². The molecule has 1 amide bonds. The Kier molecular flexibility index (Phi) is 13.5. The SMILES string of the molecule is COC1/C=C\OC2(C)Oc3c(C)c(O)c4c(O)c(cc([O-])c4c3C2=O)NC(=O)/C(C)=C\C=C/C(C)C(C)C(C)C(O)C(C)C(OC(C)=O)C1C.[Na+]. The van der Waals surface area contributed by atoms with E-state index in [4.69, 9.17) is 18.9 Å². The Balaban J connectivity index is 0.00000702. The summed E-state index contributed by atoms with van der Waals surface area (Å²) in [5.41, 5.74) is -0.104. The number of rotatable bonds is 2. The molecule has 4 N–H and O–H groups in total. The van der Waals surface area contributed by atoms with Crippen molar-refractivity contribution in [3.05, 3.63) is 53.3 Å². The molecule has 3 aliphatic heterocycles. The Labute approximate surface area is 320 Å². The quantitative estimate of drug-likeness (QED) is 0.203. The molecule has 12 nitrogen and oxygen atoms in total. The number of allylic oxidation sites excluding steroid dienone is 3. The maximum Gasteiger partial charge on any atom is 1.00 e. The van der Waals surface area contributed by atoms with Gasteiger partial charge in [0.25, 0.3) is 11.7 Å². The number of carbonyl (C=O) groups is 3. The van der Waals surface area contributed by atoms with Crippen molar-refractivity contribution in [3.8, 4) is 23.0 Å². The van der Waals surface area contributed by atoms with Gasteiger partial charge < -0.3 is 44.7 Å². The number of phenolic OH excluding ortho intramolecular Hbond substituents is 2. The third kappa shape index (κ3) is 8.10. The Bertz CT molecular complexity index is 1770. The molecule has 3 aliphatic rings. The van der Waals surface area contributed by atoms with Gasteiger partial charge in [-0.3, -0.25) is 14.4 Å². The van der Waals surface area contributed by atoms with Crippen LogP contribution in [-0.2, 0) is 23.8 Å². The van der Waals surface area contributed by atoms with Crippen molar-refractivity contribution in [2.24, 2.45) is 29.6 Å². The zero-order chi connectivity index (χ0) is 37.4. The number of aromatic hydroxyl groups is 2. The molecule has 272 valence electrons. The molecule has 2 aromatic carbocycles. The van der Waals surface area contributed by atoms with Crippen LogP contribution in [0.4, 0.5) is 5.69 Å². The van der Waals surface area contributed by atoms with Crippen LogP contribution in [0.5, 0.6) is 23.0 Å². The van der Waals surface area contributed by atoms with Gasteiger partial charge in [0.2, 0.25) is 0 Å². The number of amides is 1. The number of phenols is 2. The van der Waals surface area contributed by atoms with Gasteiger partial charge in [-0.25, -0.2) is 0 Å². The van der Waals surface area contributed by atoms with Crippen molar-refractivity contribution in [1.29, 1.82) is 0 Å². The molecule has 0 aliphatic carbocycles. The molecule has 0 radical (unpaired) electrons. The third-order valence-corrected chi connectivity index (χ3v) is 10.4.